The molecule has 6 rings (SSSR count). The van der Waals surface area contributed by atoms with Crippen molar-refractivity contribution in [3.63, 3.8) is 0 Å². The number of rotatable bonds is 9. The van der Waals surface area contributed by atoms with Crippen LogP contribution in [0.3, 0.4) is 0 Å². The van der Waals surface area contributed by atoms with Gasteiger partial charge in [-0.2, -0.15) is 0 Å². The van der Waals surface area contributed by atoms with Crippen molar-refractivity contribution in [2.45, 2.75) is 38.6 Å². The number of carbonyl (C=O) groups is 1. The summed E-state index contributed by atoms with van der Waals surface area (Å²) in [5.41, 5.74) is 4.46. The van der Waals surface area contributed by atoms with Crippen molar-refractivity contribution in [2.24, 2.45) is 0 Å². The highest BCUT2D eigenvalue weighted by Gasteiger charge is 2.21. The van der Waals surface area contributed by atoms with Crippen molar-refractivity contribution in [2.75, 3.05) is 25.1 Å². The van der Waals surface area contributed by atoms with Gasteiger partial charge in [-0.25, -0.2) is 4.98 Å². The first-order valence-electron chi connectivity index (χ1n) is 13.8. The Morgan fingerprint density at radius 1 is 1.00 bits per heavy atom. The Labute approximate surface area is 228 Å². The Hall–Kier alpha value is -4.32. The highest BCUT2D eigenvalue weighted by atomic mass is 16.5. The highest BCUT2D eigenvalue weighted by Crippen LogP contribution is 2.32. The van der Waals surface area contributed by atoms with E-state index in [-0.39, 0.29) is 18.4 Å². The molecule has 1 N–H and O–H groups in total. The predicted molar refractivity (Wildman–Crippen MR) is 156 cm³/mol. The molecule has 0 saturated carbocycles. The van der Waals surface area contributed by atoms with Crippen molar-refractivity contribution in [3.05, 3.63) is 102 Å². The highest BCUT2D eigenvalue weighted by molar-refractivity contribution is 5.85. The van der Waals surface area contributed by atoms with Crippen molar-refractivity contribution >= 4 is 33.5 Å². The van der Waals surface area contributed by atoms with Crippen molar-refractivity contribution in [3.8, 4) is 5.75 Å². The molecule has 0 saturated heterocycles. The standard InChI is InChI=1S/C33H33N3O3/c1-2-38-32(37)22-31(26-10-9-23-6-3-4-7-25(23)20-26)36-18-15-27-21-29(13-14-30(27)36)39-19-16-28-12-11-24-8-5-17-34-33(24)35-28/h3-4,6-7,9-15,18,20-21,31H,2,5,8,16-17,19,22H2,1H3,(H,34,35). The Balaban J connectivity index is 1.22. The van der Waals surface area contributed by atoms with Gasteiger partial charge in [0, 0.05) is 35.8 Å². The van der Waals surface area contributed by atoms with Crippen molar-refractivity contribution in [1.82, 2.24) is 9.55 Å². The van der Waals surface area contributed by atoms with Gasteiger partial charge < -0.3 is 19.4 Å². The summed E-state index contributed by atoms with van der Waals surface area (Å²) >= 11 is 0. The fourth-order valence-electron chi connectivity index (χ4n) is 5.45. The molecule has 0 fully saturated rings. The second-order valence-corrected chi connectivity index (χ2v) is 10.0. The number of hydrogen-bond acceptors (Lipinski definition) is 5. The molecule has 1 atom stereocenters. The molecule has 6 heteroatoms. The van der Waals surface area contributed by atoms with E-state index in [1.807, 2.05) is 25.1 Å². The molecule has 198 valence electrons. The van der Waals surface area contributed by atoms with E-state index in [0.717, 1.165) is 64.9 Å². The van der Waals surface area contributed by atoms with Crippen LogP contribution in [0.15, 0.2) is 85.1 Å². The minimum absolute atomic E-state index is 0.179. The molecule has 39 heavy (non-hydrogen) atoms. The molecule has 2 aromatic heterocycles. The quantitative estimate of drug-likeness (QED) is 0.219. The number of aromatic nitrogens is 2. The normalized spacial score (nSPS) is 13.6. The Morgan fingerprint density at radius 3 is 2.79 bits per heavy atom. The molecule has 1 aliphatic rings. The van der Waals surface area contributed by atoms with Crippen LogP contribution < -0.4 is 10.1 Å². The largest absolute Gasteiger partial charge is 0.493 e. The Morgan fingerprint density at radius 2 is 1.90 bits per heavy atom. The summed E-state index contributed by atoms with van der Waals surface area (Å²) < 4.78 is 13.6. The number of esters is 1. The first kappa shape index (κ1) is 25.0. The van der Waals surface area contributed by atoms with Crippen LogP contribution in [0.1, 0.15) is 42.6 Å². The van der Waals surface area contributed by atoms with Gasteiger partial charge in [0.1, 0.15) is 11.6 Å². The van der Waals surface area contributed by atoms with Crippen LogP contribution in [0.5, 0.6) is 5.75 Å². The van der Waals surface area contributed by atoms with Gasteiger partial charge in [-0.15, -0.1) is 0 Å². The van der Waals surface area contributed by atoms with Crippen LogP contribution in [0.2, 0.25) is 0 Å². The summed E-state index contributed by atoms with van der Waals surface area (Å²) in [5.74, 6) is 1.64. The smallest absolute Gasteiger partial charge is 0.308 e. The van der Waals surface area contributed by atoms with Gasteiger partial charge in [0.05, 0.1) is 25.7 Å². The van der Waals surface area contributed by atoms with E-state index in [2.05, 4.69) is 76.7 Å². The maximum Gasteiger partial charge on any atom is 0.308 e. The van der Waals surface area contributed by atoms with E-state index in [0.29, 0.717) is 13.2 Å². The minimum atomic E-state index is -0.205. The molecule has 0 radical (unpaired) electrons. The number of nitrogens with zero attached hydrogens (tertiary/aromatic N) is 2. The first-order valence-corrected chi connectivity index (χ1v) is 13.8. The number of carbonyl (C=O) groups excluding carboxylic acids is 1. The lowest BCUT2D eigenvalue weighted by Crippen LogP contribution is -2.16. The zero-order chi connectivity index (χ0) is 26.6. The zero-order valence-electron chi connectivity index (χ0n) is 22.2. The van der Waals surface area contributed by atoms with E-state index in [1.54, 1.807) is 0 Å². The summed E-state index contributed by atoms with van der Waals surface area (Å²) in [6.45, 7) is 3.75. The number of pyridine rings is 1. The summed E-state index contributed by atoms with van der Waals surface area (Å²) in [7, 11) is 0. The Kier molecular flexibility index (Phi) is 7.17. The number of nitrogens with one attached hydrogen (secondary N) is 1. The average Bonchev–Trinajstić information content (AvgIpc) is 3.39. The van der Waals surface area contributed by atoms with E-state index in [4.69, 9.17) is 14.5 Å². The molecule has 0 aliphatic carbocycles. The van der Waals surface area contributed by atoms with Gasteiger partial charge in [0.15, 0.2) is 0 Å². The maximum atomic E-state index is 12.6. The van der Waals surface area contributed by atoms with E-state index < -0.39 is 0 Å². The van der Waals surface area contributed by atoms with E-state index in [1.165, 1.54) is 10.9 Å². The molecule has 3 heterocycles. The van der Waals surface area contributed by atoms with Gasteiger partial charge in [0.25, 0.3) is 0 Å². The Bertz CT molecular complexity index is 1620. The molecular weight excluding hydrogens is 486 g/mol. The second-order valence-electron chi connectivity index (χ2n) is 10.0. The number of ether oxygens (including phenoxy) is 2. The molecule has 6 nitrogen and oxygen atoms in total. The second kappa shape index (κ2) is 11.2. The number of hydrogen-bond donors (Lipinski definition) is 1. The zero-order valence-corrected chi connectivity index (χ0v) is 22.2. The third-order valence-electron chi connectivity index (χ3n) is 7.43. The maximum absolute atomic E-state index is 12.6. The van der Waals surface area contributed by atoms with Crippen LogP contribution >= 0.6 is 0 Å². The van der Waals surface area contributed by atoms with Crippen LogP contribution in [0.4, 0.5) is 5.82 Å². The van der Waals surface area contributed by atoms with Gasteiger partial charge >= 0.3 is 5.97 Å². The van der Waals surface area contributed by atoms with Gasteiger partial charge in [0.2, 0.25) is 0 Å². The third-order valence-corrected chi connectivity index (χ3v) is 7.43. The molecule has 1 aliphatic heterocycles. The molecule has 0 bridgehead atoms. The van der Waals surface area contributed by atoms with Crippen LogP contribution in [0.25, 0.3) is 21.7 Å². The summed E-state index contributed by atoms with van der Waals surface area (Å²) in [4.78, 5) is 17.4. The summed E-state index contributed by atoms with van der Waals surface area (Å²) in [6.07, 6.45) is 5.31. The molecule has 1 unspecified atom stereocenters. The lowest BCUT2D eigenvalue weighted by Gasteiger charge is -2.21. The predicted octanol–water partition coefficient (Wildman–Crippen LogP) is 6.71. The fourth-order valence-corrected chi connectivity index (χ4v) is 5.45. The van der Waals surface area contributed by atoms with E-state index in [9.17, 15) is 4.79 Å². The molecule has 5 aromatic rings. The lowest BCUT2D eigenvalue weighted by molar-refractivity contribution is -0.143. The van der Waals surface area contributed by atoms with Crippen LogP contribution in [-0.4, -0.2) is 35.3 Å². The molecular formula is C33H33N3O3. The van der Waals surface area contributed by atoms with Gasteiger partial charge in [-0.05, 0) is 78.1 Å². The van der Waals surface area contributed by atoms with Crippen molar-refractivity contribution < 1.29 is 14.3 Å². The molecule has 0 spiro atoms. The third kappa shape index (κ3) is 5.46. The number of anilines is 1. The first-order chi connectivity index (χ1) is 19.2. The van der Waals surface area contributed by atoms with Crippen LogP contribution in [0, 0.1) is 0 Å². The van der Waals surface area contributed by atoms with E-state index >= 15 is 0 Å². The molecule has 3 aromatic carbocycles. The monoisotopic (exact) mass is 519 g/mol. The molecule has 0 amide bonds. The van der Waals surface area contributed by atoms with Gasteiger partial charge in [-0.3, -0.25) is 4.79 Å². The van der Waals surface area contributed by atoms with Crippen molar-refractivity contribution in [1.29, 1.82) is 0 Å². The summed E-state index contributed by atoms with van der Waals surface area (Å²) in [6, 6.07) is 27.0. The lowest BCUT2D eigenvalue weighted by atomic mass is 9.99. The number of aryl methyl sites for hydroxylation is 1. The number of benzene rings is 3. The number of fused-ring (bicyclic) bond motifs is 3. The average molecular weight is 520 g/mol. The van der Waals surface area contributed by atoms with Crippen LogP contribution in [-0.2, 0) is 22.4 Å². The summed E-state index contributed by atoms with van der Waals surface area (Å²) in [5, 5.41) is 6.80. The minimum Gasteiger partial charge on any atom is -0.493 e. The topological polar surface area (TPSA) is 65.4 Å². The fraction of sp³-hybridized carbons (Fsp3) is 0.273. The van der Waals surface area contributed by atoms with Gasteiger partial charge in [-0.1, -0.05) is 42.5 Å². The SMILES string of the molecule is CCOC(=O)CC(c1ccc2ccccc2c1)n1ccc2cc(OCCc3ccc4c(n3)NCCC4)ccc21.